The minimum Gasteiger partial charge on any atom is -0.462 e. The van der Waals surface area contributed by atoms with Crippen molar-refractivity contribution in [2.75, 3.05) is 26.4 Å². The zero-order valence-electron chi connectivity index (χ0n) is 60.8. The lowest BCUT2D eigenvalue weighted by molar-refractivity contribution is -0.161. The van der Waals surface area contributed by atoms with Crippen LogP contribution in [0.4, 0.5) is 0 Å². The Morgan fingerprint density at radius 2 is 0.547 bits per heavy atom. The Morgan fingerprint density at radius 3 is 0.811 bits per heavy atom. The van der Waals surface area contributed by atoms with Crippen molar-refractivity contribution in [3.8, 4) is 0 Å². The molecule has 0 aliphatic carbocycles. The van der Waals surface area contributed by atoms with Crippen LogP contribution in [0.2, 0.25) is 0 Å². The van der Waals surface area contributed by atoms with Gasteiger partial charge in [0.15, 0.2) is 6.10 Å². The fourth-order valence-corrected chi connectivity index (χ4v) is 11.2. The summed E-state index contributed by atoms with van der Waals surface area (Å²) in [6.07, 6.45) is 116. The molecule has 0 aromatic heterocycles. The number of rotatable bonds is 71. The van der Waals surface area contributed by atoms with E-state index in [9.17, 15) is 19.0 Å². The monoisotopic (exact) mass is 1340 g/mol. The zero-order valence-corrected chi connectivity index (χ0v) is 61.7. The van der Waals surface area contributed by atoms with Crippen LogP contribution in [-0.4, -0.2) is 49.3 Å². The van der Waals surface area contributed by atoms with Crippen LogP contribution in [0.1, 0.15) is 322 Å². The number of ether oxygens (including phenoxy) is 2. The number of hydrogen-bond acceptors (Lipinski definition) is 8. The maximum atomic E-state index is 12.8. The van der Waals surface area contributed by atoms with Crippen molar-refractivity contribution in [2.24, 2.45) is 5.73 Å². The molecular weight excluding hydrogens is 1190 g/mol. The normalized spacial score (nSPS) is 13.9. The first-order valence-electron chi connectivity index (χ1n) is 38.6. The summed E-state index contributed by atoms with van der Waals surface area (Å²) >= 11 is 0. The summed E-state index contributed by atoms with van der Waals surface area (Å²) in [5, 5.41) is 0. The lowest BCUT2D eigenvalue weighted by Crippen LogP contribution is -2.29. The lowest BCUT2D eigenvalue weighted by Gasteiger charge is -2.19. The van der Waals surface area contributed by atoms with Gasteiger partial charge in [-0.15, -0.1) is 0 Å². The van der Waals surface area contributed by atoms with Crippen LogP contribution in [0.5, 0.6) is 0 Å². The van der Waals surface area contributed by atoms with Crippen LogP contribution in [0.25, 0.3) is 0 Å². The predicted molar refractivity (Wildman–Crippen MR) is 413 cm³/mol. The molecule has 0 aliphatic heterocycles. The van der Waals surface area contributed by atoms with E-state index in [1.54, 1.807) is 0 Å². The highest BCUT2D eigenvalue weighted by Gasteiger charge is 2.26. The zero-order chi connectivity index (χ0) is 68.6. The van der Waals surface area contributed by atoms with Crippen LogP contribution < -0.4 is 5.73 Å². The summed E-state index contributed by atoms with van der Waals surface area (Å²) in [5.74, 6) is -0.826. The Morgan fingerprint density at radius 1 is 0.316 bits per heavy atom. The largest absolute Gasteiger partial charge is 0.472 e. The Hall–Kier alpha value is -4.63. The van der Waals surface area contributed by atoms with E-state index in [0.29, 0.717) is 6.42 Å². The maximum Gasteiger partial charge on any atom is 0.472 e. The van der Waals surface area contributed by atoms with E-state index in [0.717, 1.165) is 128 Å². The topological polar surface area (TPSA) is 134 Å². The molecule has 0 bridgehead atoms. The number of carbonyl (C=O) groups excluding carboxylic acids is 2. The van der Waals surface area contributed by atoms with Crippen LogP contribution in [0.3, 0.4) is 0 Å². The number of unbranched alkanes of at least 4 members (excludes halogenated alkanes) is 30. The van der Waals surface area contributed by atoms with E-state index < -0.39 is 26.5 Å². The number of hydrogen-bond donors (Lipinski definition) is 2. The second-order valence-electron chi connectivity index (χ2n) is 25.1. The standard InChI is InChI=1S/C85H142NO8P/c1-3-5-7-9-11-13-15-17-19-21-23-25-27-29-31-33-35-37-38-39-40-41-42-43-44-46-48-50-52-54-56-58-60-62-64-66-68-70-72-74-76-78-85(88)94-83(82-93-95(89,90)92-80-79-86)81-91-84(87)77-75-73-71-69-67-65-63-61-59-57-55-53-51-49-47-45-36-34-32-30-28-26-24-22-20-18-16-14-12-10-8-6-4-2/h5-8,11-14,17-20,23-26,29-32,35-37,39-40,42-43,45,83H,3-4,9-10,15-16,21-22,27-28,33-34,38,41,44,46-82,86H2,1-2H3,(H,89,90)/b7-5-,8-6-,13-11-,14-12-,19-17-,20-18-,25-23-,26-24-,31-29-,32-30-,37-35-,40-39-,43-42-,45-36-. The van der Waals surface area contributed by atoms with Crippen molar-refractivity contribution >= 4 is 19.8 Å². The van der Waals surface area contributed by atoms with Crippen LogP contribution in [0, 0.1) is 0 Å². The fraction of sp³-hybridized carbons (Fsp3) is 0.647. The van der Waals surface area contributed by atoms with Gasteiger partial charge in [0.05, 0.1) is 13.2 Å². The molecule has 2 unspecified atom stereocenters. The van der Waals surface area contributed by atoms with E-state index in [1.807, 2.05) is 0 Å². The van der Waals surface area contributed by atoms with Gasteiger partial charge in [-0.3, -0.25) is 18.6 Å². The minimum atomic E-state index is -4.40. The number of carbonyl (C=O) groups is 2. The molecule has 0 fully saturated rings. The van der Waals surface area contributed by atoms with Gasteiger partial charge < -0.3 is 20.1 Å². The highest BCUT2D eigenvalue weighted by molar-refractivity contribution is 7.47. The van der Waals surface area contributed by atoms with Crippen molar-refractivity contribution < 1.29 is 37.6 Å². The average Bonchev–Trinajstić information content (AvgIpc) is 2.75. The van der Waals surface area contributed by atoms with Gasteiger partial charge in [0.2, 0.25) is 0 Å². The van der Waals surface area contributed by atoms with E-state index in [1.165, 1.54) is 161 Å². The van der Waals surface area contributed by atoms with Gasteiger partial charge >= 0.3 is 19.8 Å². The van der Waals surface area contributed by atoms with Gasteiger partial charge in [0.1, 0.15) is 6.61 Å². The molecule has 2 atom stereocenters. The van der Waals surface area contributed by atoms with E-state index in [-0.39, 0.29) is 38.6 Å². The summed E-state index contributed by atoms with van der Waals surface area (Å²) < 4.78 is 33.3. The highest BCUT2D eigenvalue weighted by Crippen LogP contribution is 2.43. The molecule has 0 aromatic rings. The van der Waals surface area contributed by atoms with Gasteiger partial charge in [0.25, 0.3) is 0 Å². The molecule has 0 aromatic carbocycles. The smallest absolute Gasteiger partial charge is 0.462 e. The lowest BCUT2D eigenvalue weighted by atomic mass is 10.0. The Balaban J connectivity index is 3.87. The molecule has 0 saturated carbocycles. The van der Waals surface area contributed by atoms with Gasteiger partial charge in [-0.1, -0.05) is 351 Å². The van der Waals surface area contributed by atoms with Crippen molar-refractivity contribution in [2.45, 2.75) is 328 Å². The minimum absolute atomic E-state index is 0.0480. The molecule has 0 saturated heterocycles. The SMILES string of the molecule is CC/C=C\C/C=C\C/C=C\C/C=C\C/C=C\C/C=C\C/C=C\C/C=C\CCCCCCCCCCCCCCCCCCC(=O)OC(COC(=O)CCCCCCCCCCCCCCCC/C=C\C/C=C\C/C=C\C/C=C\C/C=C\C/C=C\CC)COP(=O)(O)OCCN. The molecule has 9 nitrogen and oxygen atoms in total. The summed E-state index contributed by atoms with van der Waals surface area (Å²) in [6, 6.07) is 0. The summed E-state index contributed by atoms with van der Waals surface area (Å²) in [5.41, 5.74) is 5.41. The Bertz CT molecular complexity index is 2170. The van der Waals surface area contributed by atoms with Gasteiger partial charge in [-0.25, -0.2) is 4.57 Å². The summed E-state index contributed by atoms with van der Waals surface area (Å²) in [6.45, 7) is 3.53. The van der Waals surface area contributed by atoms with Gasteiger partial charge in [0, 0.05) is 19.4 Å². The number of phosphoric acid groups is 1. The second kappa shape index (κ2) is 78.4. The van der Waals surface area contributed by atoms with E-state index >= 15 is 0 Å². The van der Waals surface area contributed by atoms with Crippen LogP contribution in [0.15, 0.2) is 170 Å². The molecule has 0 aliphatic rings. The number of esters is 2. The van der Waals surface area contributed by atoms with Gasteiger partial charge in [-0.05, 0) is 128 Å². The Labute approximate surface area is 584 Å². The molecule has 0 rings (SSSR count). The molecule has 95 heavy (non-hydrogen) atoms. The number of nitrogens with two attached hydrogens (primary N) is 1. The van der Waals surface area contributed by atoms with Crippen LogP contribution >= 0.6 is 7.82 Å². The first-order chi connectivity index (χ1) is 46.8. The van der Waals surface area contributed by atoms with E-state index in [4.69, 9.17) is 24.3 Å². The molecule has 0 heterocycles. The van der Waals surface area contributed by atoms with Crippen molar-refractivity contribution in [3.63, 3.8) is 0 Å². The highest BCUT2D eigenvalue weighted by atomic mass is 31.2. The molecular formula is C85H142NO8P. The Kier molecular flexibility index (Phi) is 74.5. The molecule has 10 heteroatoms. The average molecular weight is 1340 g/mol. The number of allylic oxidation sites excluding steroid dienone is 28. The fourth-order valence-electron chi connectivity index (χ4n) is 10.5. The third kappa shape index (κ3) is 78.3. The van der Waals surface area contributed by atoms with Crippen LogP contribution in [-0.2, 0) is 32.7 Å². The summed E-state index contributed by atoms with van der Waals surface area (Å²) in [4.78, 5) is 35.5. The maximum absolute atomic E-state index is 12.8. The van der Waals surface area contributed by atoms with Crippen molar-refractivity contribution in [3.05, 3.63) is 170 Å². The number of phosphoric ester groups is 1. The molecule has 3 N–H and O–H groups in total. The molecule has 0 amide bonds. The van der Waals surface area contributed by atoms with Crippen molar-refractivity contribution in [1.29, 1.82) is 0 Å². The molecule has 0 spiro atoms. The second-order valence-corrected chi connectivity index (χ2v) is 26.6. The van der Waals surface area contributed by atoms with E-state index in [2.05, 4.69) is 184 Å². The first-order valence-corrected chi connectivity index (χ1v) is 40.1. The third-order valence-electron chi connectivity index (χ3n) is 16.1. The summed E-state index contributed by atoms with van der Waals surface area (Å²) in [7, 11) is -4.40. The van der Waals surface area contributed by atoms with Gasteiger partial charge in [-0.2, -0.15) is 0 Å². The predicted octanol–water partition coefficient (Wildman–Crippen LogP) is 26.1. The molecule has 540 valence electrons. The van der Waals surface area contributed by atoms with Crippen molar-refractivity contribution in [1.82, 2.24) is 0 Å². The quantitative estimate of drug-likeness (QED) is 0.0264. The third-order valence-corrected chi connectivity index (χ3v) is 17.1. The first kappa shape index (κ1) is 90.4. The molecule has 0 radical (unpaired) electrons.